The first-order chi connectivity index (χ1) is 15.7. The molecule has 1 aliphatic heterocycles. The Morgan fingerprint density at radius 3 is 1.86 bits per heavy atom. The van der Waals surface area contributed by atoms with Gasteiger partial charge in [0.15, 0.2) is 0 Å². The van der Waals surface area contributed by atoms with E-state index in [0.29, 0.717) is 5.56 Å². The van der Waals surface area contributed by atoms with Gasteiger partial charge < -0.3 is 4.90 Å². The lowest BCUT2D eigenvalue weighted by molar-refractivity contribution is -0.143. The summed E-state index contributed by atoms with van der Waals surface area (Å²) in [5, 5.41) is 0. The first-order valence-corrected chi connectivity index (χ1v) is 11.7. The predicted octanol–water partition coefficient (Wildman–Crippen LogP) is 4.90. The highest BCUT2D eigenvalue weighted by Gasteiger charge is 2.37. The molecule has 1 aliphatic rings. The summed E-state index contributed by atoms with van der Waals surface area (Å²) in [6.45, 7) is 1.59. The zero-order chi connectivity index (χ0) is 25.1. The van der Waals surface area contributed by atoms with Crippen molar-refractivity contribution in [2.45, 2.75) is 38.2 Å². The summed E-state index contributed by atoms with van der Waals surface area (Å²) in [4.78, 5) is 14.4. The maximum atomic E-state index is 13.0. The van der Waals surface area contributed by atoms with Crippen molar-refractivity contribution in [3.05, 3.63) is 64.7 Å². The minimum Gasteiger partial charge on any atom is -0.372 e. The van der Waals surface area contributed by atoms with Gasteiger partial charge in [-0.1, -0.05) is 12.1 Å². The van der Waals surface area contributed by atoms with Crippen molar-refractivity contribution in [3.63, 3.8) is 0 Å². The van der Waals surface area contributed by atoms with E-state index in [1.54, 1.807) is 12.1 Å². The molecule has 6 nitrogen and oxygen atoms in total. The van der Waals surface area contributed by atoms with E-state index in [9.17, 15) is 39.6 Å². The van der Waals surface area contributed by atoms with Crippen LogP contribution in [0.4, 0.5) is 32.0 Å². The van der Waals surface area contributed by atoms with Crippen LogP contribution in [0.5, 0.6) is 0 Å². The molecule has 2 N–H and O–H groups in total. The van der Waals surface area contributed by atoms with Gasteiger partial charge in [0.1, 0.15) is 0 Å². The number of halogens is 7. The van der Waals surface area contributed by atoms with E-state index < -0.39 is 45.2 Å². The molecule has 2 aromatic carbocycles. The highest BCUT2D eigenvalue weighted by molar-refractivity contribution is 7.88. The Labute approximate surface area is 204 Å². The molecule has 0 radical (unpaired) electrons. The van der Waals surface area contributed by atoms with E-state index in [4.69, 9.17) is 0 Å². The van der Waals surface area contributed by atoms with Gasteiger partial charge in [0.2, 0.25) is 0 Å². The summed E-state index contributed by atoms with van der Waals surface area (Å²) in [6, 6.07) is 7.13. The van der Waals surface area contributed by atoms with Gasteiger partial charge in [-0.3, -0.25) is 4.79 Å². The summed E-state index contributed by atoms with van der Waals surface area (Å²) in [5.74, 6) is -1.63. The van der Waals surface area contributed by atoms with Crippen molar-refractivity contribution in [2.24, 2.45) is 0 Å². The average Bonchev–Trinajstić information content (AvgIpc) is 2.77. The number of piperidine rings is 1. The number of carbonyl (C=O) groups excluding carboxylic acids is 1. The molecule has 0 spiro atoms. The van der Waals surface area contributed by atoms with Crippen LogP contribution in [0.15, 0.2) is 42.5 Å². The van der Waals surface area contributed by atoms with Gasteiger partial charge >= 0.3 is 22.6 Å². The Morgan fingerprint density at radius 1 is 0.857 bits per heavy atom. The number of hydrogen-bond donors (Lipinski definition) is 2. The minimum atomic E-state index is -5.17. The Morgan fingerprint density at radius 2 is 1.37 bits per heavy atom. The third-order valence-corrected chi connectivity index (χ3v) is 6.18. The van der Waals surface area contributed by atoms with Gasteiger partial charge in [0.05, 0.1) is 11.1 Å². The van der Waals surface area contributed by atoms with E-state index in [2.05, 4.69) is 4.90 Å². The van der Waals surface area contributed by atoms with Crippen LogP contribution in [0.2, 0.25) is 0 Å². The van der Waals surface area contributed by atoms with Crippen LogP contribution in [-0.2, 0) is 29.1 Å². The number of nitrogens with one attached hydrogen (secondary N) is 2. The van der Waals surface area contributed by atoms with E-state index in [-0.39, 0.29) is 37.2 Å². The number of amides is 1. The lowest BCUT2D eigenvalue weighted by atomic mass is 10.0. The molecule has 0 atom stereocenters. The van der Waals surface area contributed by atoms with E-state index in [0.717, 1.165) is 31.6 Å². The summed E-state index contributed by atoms with van der Waals surface area (Å²) < 4.78 is 106. The number of nitrogens with zero attached hydrogens (tertiary/aromatic N) is 1. The molecule has 35 heavy (non-hydrogen) atoms. The van der Waals surface area contributed by atoms with Gasteiger partial charge in [-0.15, -0.1) is 12.4 Å². The molecule has 14 heteroatoms. The monoisotopic (exact) mass is 545 g/mol. The molecule has 1 amide bonds. The summed E-state index contributed by atoms with van der Waals surface area (Å²) in [5.41, 5.74) is -3.04. The standard InChI is InChI=1S/C21H21F6N3O3S.ClH/c22-20(23,24)16-10-15(11-17(12-16)21(25,26)27)19(31)29-34(32,33)28-13-14-4-6-18(7-5-14)30-8-2-1-3-9-30;/h4-7,10-12,28H,1-3,8-9,13H2,(H,29,31);1H. The van der Waals surface area contributed by atoms with Gasteiger partial charge in [-0.05, 0) is 55.2 Å². The van der Waals surface area contributed by atoms with Crippen LogP contribution < -0.4 is 14.3 Å². The van der Waals surface area contributed by atoms with Crippen LogP contribution in [0.3, 0.4) is 0 Å². The number of anilines is 1. The Bertz CT molecular complexity index is 1100. The number of alkyl halides is 6. The molecule has 0 aliphatic carbocycles. The lowest BCUT2D eigenvalue weighted by Gasteiger charge is -2.28. The largest absolute Gasteiger partial charge is 0.416 e. The molecule has 1 fully saturated rings. The van der Waals surface area contributed by atoms with Crippen molar-refractivity contribution in [2.75, 3.05) is 18.0 Å². The second-order valence-electron chi connectivity index (χ2n) is 7.76. The fraction of sp³-hybridized carbons (Fsp3) is 0.381. The van der Waals surface area contributed by atoms with Gasteiger partial charge in [0.25, 0.3) is 5.91 Å². The van der Waals surface area contributed by atoms with Crippen molar-refractivity contribution < 1.29 is 39.6 Å². The van der Waals surface area contributed by atoms with Gasteiger partial charge in [0, 0.05) is 30.9 Å². The molecule has 0 aromatic heterocycles. The predicted molar refractivity (Wildman–Crippen MR) is 119 cm³/mol. The second kappa shape index (κ2) is 11.0. The fourth-order valence-corrected chi connectivity index (χ4v) is 4.25. The number of benzene rings is 2. The highest BCUT2D eigenvalue weighted by Crippen LogP contribution is 2.36. The molecule has 1 saturated heterocycles. The summed E-state index contributed by atoms with van der Waals surface area (Å²) >= 11 is 0. The van der Waals surface area contributed by atoms with Crippen molar-refractivity contribution >= 4 is 34.2 Å². The van der Waals surface area contributed by atoms with E-state index >= 15 is 0 Å². The first kappa shape index (κ1) is 28.7. The van der Waals surface area contributed by atoms with Crippen LogP contribution >= 0.6 is 12.4 Å². The molecule has 2 aromatic rings. The fourth-order valence-electron chi connectivity index (χ4n) is 3.46. The van der Waals surface area contributed by atoms with Crippen LogP contribution in [0.25, 0.3) is 0 Å². The van der Waals surface area contributed by atoms with E-state index in [1.165, 1.54) is 11.1 Å². The molecule has 3 rings (SSSR count). The average molecular weight is 546 g/mol. The smallest absolute Gasteiger partial charge is 0.372 e. The molecule has 0 bridgehead atoms. The quantitative estimate of drug-likeness (QED) is 0.506. The van der Waals surface area contributed by atoms with Gasteiger partial charge in [-0.2, -0.15) is 39.5 Å². The molecular formula is C21H22ClF6N3O3S. The Balaban J connectivity index is 0.00000432. The number of carbonyl (C=O) groups is 1. The zero-order valence-electron chi connectivity index (χ0n) is 18.0. The third-order valence-electron chi connectivity index (χ3n) is 5.20. The number of rotatable bonds is 6. The first-order valence-electron chi connectivity index (χ1n) is 10.2. The third kappa shape index (κ3) is 8.00. The molecular weight excluding hydrogens is 524 g/mol. The Kier molecular flexibility index (Phi) is 9.06. The normalized spacial score (nSPS) is 14.9. The zero-order valence-corrected chi connectivity index (χ0v) is 19.7. The number of hydrogen-bond acceptors (Lipinski definition) is 4. The maximum absolute atomic E-state index is 13.0. The van der Waals surface area contributed by atoms with E-state index in [1.807, 2.05) is 16.9 Å². The van der Waals surface area contributed by atoms with Crippen molar-refractivity contribution in [3.8, 4) is 0 Å². The Hall–Kier alpha value is -2.51. The molecule has 0 unspecified atom stereocenters. The van der Waals surface area contributed by atoms with Crippen LogP contribution in [0, 0.1) is 0 Å². The van der Waals surface area contributed by atoms with Crippen LogP contribution in [0.1, 0.15) is 46.3 Å². The summed E-state index contributed by atoms with van der Waals surface area (Å²) in [6.07, 6.45) is -7.02. The highest BCUT2D eigenvalue weighted by atomic mass is 35.5. The molecule has 194 valence electrons. The van der Waals surface area contributed by atoms with Gasteiger partial charge in [-0.25, -0.2) is 4.72 Å². The van der Waals surface area contributed by atoms with Crippen molar-refractivity contribution in [1.82, 2.24) is 9.44 Å². The molecule has 1 heterocycles. The van der Waals surface area contributed by atoms with Crippen molar-refractivity contribution in [1.29, 1.82) is 0 Å². The SMILES string of the molecule is Cl.O=C(NS(=O)(=O)NCc1ccc(N2CCCCC2)cc1)c1cc(C(F)(F)F)cc(C(F)(F)F)c1. The minimum absolute atomic E-state index is 0. The summed E-state index contributed by atoms with van der Waals surface area (Å²) in [7, 11) is -4.58. The lowest BCUT2D eigenvalue weighted by Crippen LogP contribution is -2.40. The topological polar surface area (TPSA) is 78.5 Å². The second-order valence-corrected chi connectivity index (χ2v) is 9.26. The maximum Gasteiger partial charge on any atom is 0.416 e. The van der Waals surface area contributed by atoms with Crippen LogP contribution in [-0.4, -0.2) is 27.4 Å². The molecule has 0 saturated carbocycles.